The van der Waals surface area contributed by atoms with E-state index in [4.69, 9.17) is 21.1 Å². The Morgan fingerprint density at radius 2 is 2.06 bits per heavy atom. The number of hydrogen-bond donors (Lipinski definition) is 0. The van der Waals surface area contributed by atoms with E-state index in [0.717, 1.165) is 29.9 Å². The van der Waals surface area contributed by atoms with Gasteiger partial charge in [0.15, 0.2) is 0 Å². The first-order chi connectivity index (χ1) is 8.21. The molecule has 0 saturated heterocycles. The molecule has 0 amide bonds. The van der Waals surface area contributed by atoms with Gasteiger partial charge in [-0.05, 0) is 36.6 Å². The summed E-state index contributed by atoms with van der Waals surface area (Å²) in [5.41, 5.74) is 1.05. The Labute approximate surface area is 107 Å². The molecule has 0 heterocycles. The standard InChI is InChI=1S/C13H17ClO3/c1-16-12-6-7-13(17-2)10(8-12)4-3-5-11(15)9-14/h6-8H,3-5,9H2,1-2H3. The molecule has 0 aliphatic rings. The van der Waals surface area contributed by atoms with Gasteiger partial charge < -0.3 is 9.47 Å². The lowest BCUT2D eigenvalue weighted by Crippen LogP contribution is -2.00. The van der Waals surface area contributed by atoms with Gasteiger partial charge >= 0.3 is 0 Å². The maximum absolute atomic E-state index is 11.1. The number of alkyl halides is 1. The van der Waals surface area contributed by atoms with E-state index >= 15 is 0 Å². The lowest BCUT2D eigenvalue weighted by molar-refractivity contribution is -0.116. The van der Waals surface area contributed by atoms with Crippen LogP contribution in [0.2, 0.25) is 0 Å². The average molecular weight is 257 g/mol. The van der Waals surface area contributed by atoms with Crippen molar-refractivity contribution >= 4 is 17.4 Å². The highest BCUT2D eigenvalue weighted by Crippen LogP contribution is 2.25. The van der Waals surface area contributed by atoms with Crippen LogP contribution in [0.1, 0.15) is 18.4 Å². The predicted molar refractivity (Wildman–Crippen MR) is 68.2 cm³/mol. The fourth-order valence-corrected chi connectivity index (χ4v) is 1.75. The summed E-state index contributed by atoms with van der Waals surface area (Å²) in [6.45, 7) is 0. The van der Waals surface area contributed by atoms with Gasteiger partial charge in [-0.3, -0.25) is 4.79 Å². The van der Waals surface area contributed by atoms with E-state index in [1.165, 1.54) is 0 Å². The number of rotatable bonds is 7. The van der Waals surface area contributed by atoms with Crippen LogP contribution < -0.4 is 9.47 Å². The number of ether oxygens (including phenoxy) is 2. The zero-order valence-corrected chi connectivity index (χ0v) is 10.9. The van der Waals surface area contributed by atoms with Gasteiger partial charge in [-0.25, -0.2) is 0 Å². The summed E-state index contributed by atoms with van der Waals surface area (Å²) in [5.74, 6) is 1.79. The molecule has 4 heteroatoms. The molecular formula is C13H17ClO3. The van der Waals surface area contributed by atoms with E-state index in [1.54, 1.807) is 14.2 Å². The van der Waals surface area contributed by atoms with Crippen molar-refractivity contribution in [2.24, 2.45) is 0 Å². The van der Waals surface area contributed by atoms with Crippen LogP contribution in [0, 0.1) is 0 Å². The Hall–Kier alpha value is -1.22. The van der Waals surface area contributed by atoms with Crippen LogP contribution in [-0.2, 0) is 11.2 Å². The molecule has 0 spiro atoms. The lowest BCUT2D eigenvalue weighted by Gasteiger charge is -2.10. The van der Waals surface area contributed by atoms with Crippen molar-refractivity contribution in [2.75, 3.05) is 20.1 Å². The highest BCUT2D eigenvalue weighted by atomic mass is 35.5. The molecule has 94 valence electrons. The quantitative estimate of drug-likeness (QED) is 0.704. The highest BCUT2D eigenvalue weighted by Gasteiger charge is 2.06. The molecule has 17 heavy (non-hydrogen) atoms. The van der Waals surface area contributed by atoms with Gasteiger partial charge in [-0.1, -0.05) is 0 Å². The number of ketones is 1. The second-order valence-corrected chi connectivity index (χ2v) is 3.97. The number of carbonyl (C=O) groups excluding carboxylic acids is 1. The maximum atomic E-state index is 11.1. The fraction of sp³-hybridized carbons (Fsp3) is 0.462. The summed E-state index contributed by atoms with van der Waals surface area (Å²) in [5, 5.41) is 0. The minimum Gasteiger partial charge on any atom is -0.497 e. The highest BCUT2D eigenvalue weighted by molar-refractivity contribution is 6.27. The Morgan fingerprint density at radius 3 is 2.65 bits per heavy atom. The van der Waals surface area contributed by atoms with Crippen molar-refractivity contribution < 1.29 is 14.3 Å². The molecule has 0 aliphatic carbocycles. The Bertz CT molecular complexity index is 377. The normalized spacial score (nSPS) is 10.1. The zero-order chi connectivity index (χ0) is 12.7. The lowest BCUT2D eigenvalue weighted by atomic mass is 10.1. The van der Waals surface area contributed by atoms with Crippen molar-refractivity contribution in [3.63, 3.8) is 0 Å². The minimum atomic E-state index is 0.0773. The first-order valence-corrected chi connectivity index (χ1v) is 6.03. The van der Waals surface area contributed by atoms with E-state index in [9.17, 15) is 4.79 Å². The van der Waals surface area contributed by atoms with E-state index in [2.05, 4.69) is 0 Å². The van der Waals surface area contributed by atoms with Crippen LogP contribution in [0.25, 0.3) is 0 Å². The summed E-state index contributed by atoms with van der Waals surface area (Å²) < 4.78 is 10.4. The second kappa shape index (κ2) is 7.17. The van der Waals surface area contributed by atoms with Gasteiger partial charge in [0.2, 0.25) is 0 Å². The summed E-state index contributed by atoms with van der Waals surface area (Å²) in [4.78, 5) is 11.1. The average Bonchev–Trinajstić information content (AvgIpc) is 2.38. The first kappa shape index (κ1) is 13.8. The fourth-order valence-electron chi connectivity index (χ4n) is 1.62. The van der Waals surface area contributed by atoms with E-state index in [-0.39, 0.29) is 11.7 Å². The monoisotopic (exact) mass is 256 g/mol. The maximum Gasteiger partial charge on any atom is 0.147 e. The summed E-state index contributed by atoms with van der Waals surface area (Å²) in [6, 6.07) is 5.66. The molecule has 1 aromatic rings. The molecule has 0 saturated carbocycles. The van der Waals surface area contributed by atoms with E-state index in [0.29, 0.717) is 6.42 Å². The van der Waals surface area contributed by atoms with Gasteiger partial charge in [-0.15, -0.1) is 11.6 Å². The molecule has 0 fully saturated rings. The smallest absolute Gasteiger partial charge is 0.147 e. The second-order valence-electron chi connectivity index (χ2n) is 3.70. The van der Waals surface area contributed by atoms with Crippen LogP contribution in [0.15, 0.2) is 18.2 Å². The van der Waals surface area contributed by atoms with Gasteiger partial charge in [-0.2, -0.15) is 0 Å². The molecule has 0 N–H and O–H groups in total. The van der Waals surface area contributed by atoms with Crippen LogP contribution in [0.5, 0.6) is 11.5 Å². The third-order valence-electron chi connectivity index (χ3n) is 2.54. The summed E-state index contributed by atoms with van der Waals surface area (Å²) >= 11 is 5.45. The number of hydrogen-bond acceptors (Lipinski definition) is 3. The topological polar surface area (TPSA) is 35.5 Å². The number of benzene rings is 1. The molecule has 1 rings (SSSR count). The minimum absolute atomic E-state index is 0.0773. The van der Waals surface area contributed by atoms with Crippen molar-refractivity contribution in [3.8, 4) is 11.5 Å². The summed E-state index contributed by atoms with van der Waals surface area (Å²) in [7, 11) is 3.26. The van der Waals surface area contributed by atoms with Crippen LogP contribution >= 0.6 is 11.6 Å². The van der Waals surface area contributed by atoms with Crippen molar-refractivity contribution in [1.29, 1.82) is 0 Å². The number of methoxy groups -OCH3 is 2. The molecule has 0 aromatic heterocycles. The van der Waals surface area contributed by atoms with Crippen LogP contribution in [-0.4, -0.2) is 25.9 Å². The molecule has 0 unspecified atom stereocenters. The molecule has 0 atom stereocenters. The van der Waals surface area contributed by atoms with Gasteiger partial charge in [0, 0.05) is 6.42 Å². The number of halogens is 1. The Morgan fingerprint density at radius 1 is 1.29 bits per heavy atom. The third-order valence-corrected chi connectivity index (χ3v) is 2.84. The van der Waals surface area contributed by atoms with Gasteiger partial charge in [0.05, 0.1) is 20.1 Å². The van der Waals surface area contributed by atoms with Crippen LogP contribution in [0.3, 0.4) is 0 Å². The Balaban J connectivity index is 2.64. The number of Topliss-reactive ketones (excluding diaryl/α,β-unsaturated/α-hetero) is 1. The number of aryl methyl sites for hydroxylation is 1. The molecule has 3 nitrogen and oxygen atoms in total. The molecule has 0 bridgehead atoms. The third kappa shape index (κ3) is 4.27. The first-order valence-electron chi connectivity index (χ1n) is 5.49. The molecule has 0 aliphatic heterocycles. The number of carbonyl (C=O) groups is 1. The summed E-state index contributed by atoms with van der Waals surface area (Å²) in [6.07, 6.45) is 2.06. The molecular weight excluding hydrogens is 240 g/mol. The largest absolute Gasteiger partial charge is 0.497 e. The van der Waals surface area contributed by atoms with Crippen LogP contribution in [0.4, 0.5) is 0 Å². The zero-order valence-electron chi connectivity index (χ0n) is 10.2. The van der Waals surface area contributed by atoms with Crippen molar-refractivity contribution in [3.05, 3.63) is 23.8 Å². The molecule has 0 radical (unpaired) electrons. The van der Waals surface area contributed by atoms with E-state index in [1.807, 2.05) is 18.2 Å². The van der Waals surface area contributed by atoms with Crippen molar-refractivity contribution in [1.82, 2.24) is 0 Å². The van der Waals surface area contributed by atoms with Crippen molar-refractivity contribution in [2.45, 2.75) is 19.3 Å². The van der Waals surface area contributed by atoms with E-state index < -0.39 is 0 Å². The van der Waals surface area contributed by atoms with Gasteiger partial charge in [0.25, 0.3) is 0 Å². The Kier molecular flexibility index (Phi) is 5.84. The van der Waals surface area contributed by atoms with Gasteiger partial charge in [0.1, 0.15) is 17.3 Å². The molecule has 1 aromatic carbocycles. The predicted octanol–water partition coefficient (Wildman–Crippen LogP) is 2.83. The SMILES string of the molecule is COc1ccc(OC)c(CCCC(=O)CCl)c1.